The van der Waals surface area contributed by atoms with Crippen molar-refractivity contribution in [2.24, 2.45) is 0 Å². The first-order valence-electron chi connectivity index (χ1n) is 10.1. The summed E-state index contributed by atoms with van der Waals surface area (Å²) in [5.41, 5.74) is 3.94. The van der Waals surface area contributed by atoms with Gasteiger partial charge in [-0.2, -0.15) is 0 Å². The molecule has 1 aromatic heterocycles. The number of aliphatic hydroxyl groups is 1. The molecule has 2 aromatic carbocycles. The van der Waals surface area contributed by atoms with E-state index in [1.807, 2.05) is 32.0 Å². The maximum atomic E-state index is 13.2. The Kier molecular flexibility index (Phi) is 4.43. The first-order chi connectivity index (χ1) is 15.0. The van der Waals surface area contributed by atoms with Crippen LogP contribution < -0.4 is 9.64 Å². The molecule has 5 rings (SSSR count). The van der Waals surface area contributed by atoms with Crippen LogP contribution in [-0.4, -0.2) is 23.4 Å². The number of Topliss-reactive ketones (excluding diaryl/α,β-unsaturated/α-hetero) is 1. The smallest absolute Gasteiger partial charge is 0.300 e. The van der Waals surface area contributed by atoms with Gasteiger partial charge in [-0.25, -0.2) is 0 Å². The van der Waals surface area contributed by atoms with Crippen LogP contribution in [0.1, 0.15) is 34.1 Å². The highest BCUT2D eigenvalue weighted by Gasteiger charge is 2.48. The molecule has 0 aliphatic carbocycles. The third-order valence-electron chi connectivity index (χ3n) is 6.06. The van der Waals surface area contributed by atoms with Gasteiger partial charge in [-0.1, -0.05) is 12.1 Å². The van der Waals surface area contributed by atoms with Gasteiger partial charge in [0.1, 0.15) is 23.3 Å². The monoisotopic (exact) mass is 415 g/mol. The van der Waals surface area contributed by atoms with Gasteiger partial charge in [0.15, 0.2) is 0 Å². The molecule has 1 fully saturated rings. The molecule has 1 atom stereocenters. The third kappa shape index (κ3) is 2.94. The molecular weight excluding hydrogens is 394 g/mol. The number of furan rings is 1. The summed E-state index contributed by atoms with van der Waals surface area (Å²) in [5.74, 6) is -0.471. The van der Waals surface area contributed by atoms with E-state index in [0.29, 0.717) is 23.6 Å². The number of aliphatic hydroxyl groups excluding tert-OH is 1. The quantitative estimate of drug-likeness (QED) is 0.388. The molecule has 1 N–H and O–H groups in total. The summed E-state index contributed by atoms with van der Waals surface area (Å²) in [4.78, 5) is 27.8. The molecule has 1 saturated heterocycles. The minimum Gasteiger partial charge on any atom is -0.507 e. The highest BCUT2D eigenvalue weighted by molar-refractivity contribution is 6.51. The van der Waals surface area contributed by atoms with Crippen molar-refractivity contribution in [3.63, 3.8) is 0 Å². The van der Waals surface area contributed by atoms with Crippen LogP contribution in [0.15, 0.2) is 64.8 Å². The summed E-state index contributed by atoms with van der Waals surface area (Å²) in [5, 5.41) is 11.2. The molecule has 2 aliphatic heterocycles. The summed E-state index contributed by atoms with van der Waals surface area (Å²) < 4.78 is 11.1. The Balaban J connectivity index is 1.71. The van der Waals surface area contributed by atoms with E-state index < -0.39 is 17.7 Å². The largest absolute Gasteiger partial charge is 0.507 e. The van der Waals surface area contributed by atoms with Crippen LogP contribution >= 0.6 is 0 Å². The lowest BCUT2D eigenvalue weighted by atomic mass is 9.97. The number of rotatable bonds is 3. The van der Waals surface area contributed by atoms with Crippen molar-refractivity contribution in [3.05, 3.63) is 88.4 Å². The predicted octanol–water partition coefficient (Wildman–Crippen LogP) is 4.46. The summed E-state index contributed by atoms with van der Waals surface area (Å²) in [6.45, 7) is 4.44. The van der Waals surface area contributed by atoms with Crippen LogP contribution in [0.5, 0.6) is 5.75 Å². The molecule has 6 heteroatoms. The van der Waals surface area contributed by atoms with Gasteiger partial charge in [0.2, 0.25) is 0 Å². The van der Waals surface area contributed by atoms with E-state index in [0.717, 1.165) is 28.9 Å². The average Bonchev–Trinajstić information content (AvgIpc) is 3.50. The van der Waals surface area contributed by atoms with E-state index in [9.17, 15) is 14.7 Å². The number of amides is 1. The summed E-state index contributed by atoms with van der Waals surface area (Å²) >= 11 is 0. The lowest BCUT2D eigenvalue weighted by Gasteiger charge is -2.25. The standard InChI is InChI=1S/C25H21NO5/c1-14-5-3-6-18(15(14)2)26-22(20-7-4-11-30-20)21(24(28)25(26)29)23(27)17-8-9-19-16(13-17)10-12-31-19/h3-9,11,13,22,27H,10,12H2,1-2H3/b23-21-. The number of anilines is 1. The van der Waals surface area contributed by atoms with Crippen LogP contribution in [0, 0.1) is 13.8 Å². The average molecular weight is 415 g/mol. The number of ketones is 1. The molecule has 0 saturated carbocycles. The molecule has 0 spiro atoms. The van der Waals surface area contributed by atoms with Crippen LogP contribution in [-0.2, 0) is 16.0 Å². The summed E-state index contributed by atoms with van der Waals surface area (Å²) in [6.07, 6.45) is 2.22. The van der Waals surface area contributed by atoms with Crippen molar-refractivity contribution in [1.82, 2.24) is 0 Å². The summed E-state index contributed by atoms with van der Waals surface area (Å²) in [7, 11) is 0. The zero-order chi connectivity index (χ0) is 21.7. The lowest BCUT2D eigenvalue weighted by molar-refractivity contribution is -0.132. The molecule has 1 amide bonds. The van der Waals surface area contributed by atoms with Crippen molar-refractivity contribution in [3.8, 4) is 5.75 Å². The van der Waals surface area contributed by atoms with Gasteiger partial charge < -0.3 is 14.3 Å². The highest BCUT2D eigenvalue weighted by Crippen LogP contribution is 2.44. The van der Waals surface area contributed by atoms with E-state index in [1.54, 1.807) is 30.3 Å². The van der Waals surface area contributed by atoms with E-state index in [1.165, 1.54) is 11.2 Å². The van der Waals surface area contributed by atoms with Crippen LogP contribution in [0.25, 0.3) is 5.76 Å². The molecule has 3 aromatic rings. The van der Waals surface area contributed by atoms with Gasteiger partial charge in [-0.15, -0.1) is 0 Å². The normalized spacial score (nSPS) is 19.5. The molecule has 31 heavy (non-hydrogen) atoms. The molecule has 6 nitrogen and oxygen atoms in total. The van der Waals surface area contributed by atoms with Crippen LogP contribution in [0.3, 0.4) is 0 Å². The highest BCUT2D eigenvalue weighted by atomic mass is 16.5. The van der Waals surface area contributed by atoms with Crippen molar-refractivity contribution in [2.45, 2.75) is 26.3 Å². The lowest BCUT2D eigenvalue weighted by Crippen LogP contribution is -2.30. The molecule has 0 bridgehead atoms. The molecule has 3 heterocycles. The van der Waals surface area contributed by atoms with Gasteiger partial charge >= 0.3 is 0 Å². The zero-order valence-electron chi connectivity index (χ0n) is 17.2. The second kappa shape index (κ2) is 7.16. The minimum absolute atomic E-state index is 0.0136. The topological polar surface area (TPSA) is 80.0 Å². The Bertz CT molecular complexity index is 1240. The van der Waals surface area contributed by atoms with Gasteiger partial charge in [0.05, 0.1) is 18.4 Å². The van der Waals surface area contributed by atoms with E-state index in [-0.39, 0.29) is 11.3 Å². The summed E-state index contributed by atoms with van der Waals surface area (Å²) in [6, 6.07) is 13.4. The van der Waals surface area contributed by atoms with Crippen molar-refractivity contribution >= 4 is 23.1 Å². The first-order valence-corrected chi connectivity index (χ1v) is 10.1. The number of aryl methyl sites for hydroxylation is 1. The van der Waals surface area contributed by atoms with Crippen LogP contribution in [0.2, 0.25) is 0 Å². The van der Waals surface area contributed by atoms with Crippen molar-refractivity contribution < 1.29 is 23.8 Å². The molecular formula is C25H21NO5. The number of benzene rings is 2. The second-order valence-corrected chi connectivity index (χ2v) is 7.82. The fourth-order valence-electron chi connectivity index (χ4n) is 4.28. The van der Waals surface area contributed by atoms with Gasteiger partial charge in [-0.05, 0) is 66.9 Å². The molecule has 0 radical (unpaired) electrons. The molecule has 1 unspecified atom stereocenters. The third-order valence-corrected chi connectivity index (χ3v) is 6.06. The minimum atomic E-state index is -0.861. The van der Waals surface area contributed by atoms with E-state index in [2.05, 4.69) is 0 Å². The molecule has 156 valence electrons. The maximum absolute atomic E-state index is 13.2. The van der Waals surface area contributed by atoms with Crippen LogP contribution in [0.4, 0.5) is 5.69 Å². The van der Waals surface area contributed by atoms with Gasteiger partial charge in [0, 0.05) is 17.7 Å². The number of carbonyl (C=O) groups is 2. The van der Waals surface area contributed by atoms with Crippen molar-refractivity contribution in [1.29, 1.82) is 0 Å². The maximum Gasteiger partial charge on any atom is 0.300 e. The Labute approximate surface area is 179 Å². The van der Waals surface area contributed by atoms with E-state index in [4.69, 9.17) is 9.15 Å². The number of nitrogens with zero attached hydrogens (tertiary/aromatic N) is 1. The Morgan fingerprint density at radius 2 is 1.94 bits per heavy atom. The Hall–Kier alpha value is -3.80. The number of hydrogen-bond donors (Lipinski definition) is 1. The number of ether oxygens (including phenoxy) is 1. The number of fused-ring (bicyclic) bond motifs is 1. The predicted molar refractivity (Wildman–Crippen MR) is 115 cm³/mol. The van der Waals surface area contributed by atoms with Gasteiger partial charge in [0.25, 0.3) is 11.7 Å². The second-order valence-electron chi connectivity index (χ2n) is 7.82. The first kappa shape index (κ1) is 19.2. The fourth-order valence-corrected chi connectivity index (χ4v) is 4.28. The Morgan fingerprint density at radius 3 is 2.71 bits per heavy atom. The zero-order valence-corrected chi connectivity index (χ0v) is 17.2. The number of carbonyl (C=O) groups excluding carboxylic acids is 2. The van der Waals surface area contributed by atoms with Crippen molar-refractivity contribution in [2.75, 3.05) is 11.5 Å². The SMILES string of the molecule is Cc1cccc(N2C(=O)C(=O)/C(=C(\O)c3ccc4c(c3)CCO4)C2c2ccco2)c1C. The Morgan fingerprint density at radius 1 is 1.10 bits per heavy atom. The molecule has 2 aliphatic rings. The van der Waals surface area contributed by atoms with Gasteiger partial charge in [-0.3, -0.25) is 14.5 Å². The fraction of sp³-hybridized carbons (Fsp3) is 0.200. The number of hydrogen-bond acceptors (Lipinski definition) is 5. The van der Waals surface area contributed by atoms with E-state index >= 15 is 0 Å².